The molecule has 0 spiro atoms. The molecule has 1 fully saturated rings. The first-order chi connectivity index (χ1) is 13.1. The number of aliphatic carboxylic acids is 1. The van der Waals surface area contributed by atoms with E-state index in [4.69, 9.17) is 9.47 Å². The Hall–Kier alpha value is -3.02. The van der Waals surface area contributed by atoms with E-state index in [-0.39, 0.29) is 6.61 Å². The third-order valence-electron chi connectivity index (χ3n) is 4.69. The van der Waals surface area contributed by atoms with Gasteiger partial charge < -0.3 is 19.9 Å². The van der Waals surface area contributed by atoms with E-state index in [2.05, 4.69) is 5.32 Å². The van der Waals surface area contributed by atoms with E-state index in [1.54, 1.807) is 18.2 Å². The molecule has 0 heterocycles. The molecule has 0 unspecified atom stereocenters. The summed E-state index contributed by atoms with van der Waals surface area (Å²) in [5.74, 6) is -0.459. The van der Waals surface area contributed by atoms with Crippen molar-refractivity contribution in [3.8, 4) is 11.5 Å². The number of hydrogen-bond acceptors (Lipinski definition) is 4. The van der Waals surface area contributed by atoms with Crippen LogP contribution in [-0.2, 0) is 16.2 Å². The molecule has 0 bridgehead atoms. The van der Waals surface area contributed by atoms with Crippen molar-refractivity contribution in [1.82, 2.24) is 5.32 Å². The maximum absolute atomic E-state index is 12.2. The minimum atomic E-state index is -1.16. The largest absolute Gasteiger partial charge is 0.485 e. The maximum atomic E-state index is 12.2. The van der Waals surface area contributed by atoms with Gasteiger partial charge in [0.15, 0.2) is 18.1 Å². The second-order valence-corrected chi connectivity index (χ2v) is 6.65. The van der Waals surface area contributed by atoms with Crippen molar-refractivity contribution in [2.45, 2.75) is 37.8 Å². The molecule has 2 aromatic rings. The number of carbonyl (C=O) groups excluding carboxylic acids is 1. The van der Waals surface area contributed by atoms with Crippen LogP contribution >= 0.6 is 0 Å². The lowest BCUT2D eigenvalue weighted by molar-refractivity contribution is -0.147. The normalized spacial score (nSPS) is 15.1. The highest BCUT2D eigenvalue weighted by atomic mass is 16.5. The Labute approximate surface area is 158 Å². The highest BCUT2D eigenvalue weighted by Crippen LogP contribution is 2.30. The zero-order chi connectivity index (χ0) is 19.1. The highest BCUT2D eigenvalue weighted by Gasteiger charge is 2.42. The molecule has 0 radical (unpaired) electrons. The van der Waals surface area contributed by atoms with Crippen molar-refractivity contribution in [2.75, 3.05) is 6.61 Å². The standard InChI is InChI=1S/C21H23NO5/c23-19(22-21(20(24)25)12-6-7-13-21)15-27-18-11-5-4-10-17(18)26-14-16-8-2-1-3-9-16/h1-5,8-11H,6-7,12-15H2,(H,22,23)(H,24,25). The summed E-state index contributed by atoms with van der Waals surface area (Å²) in [5.41, 5.74) is -0.140. The molecule has 1 aliphatic carbocycles. The second kappa shape index (κ2) is 8.58. The van der Waals surface area contributed by atoms with E-state index < -0.39 is 17.4 Å². The van der Waals surface area contributed by atoms with Crippen molar-refractivity contribution in [3.63, 3.8) is 0 Å². The molecule has 2 N–H and O–H groups in total. The number of carboxylic acids is 1. The molecule has 0 atom stereocenters. The van der Waals surface area contributed by atoms with Crippen LogP contribution in [-0.4, -0.2) is 29.1 Å². The van der Waals surface area contributed by atoms with Crippen LogP contribution in [0.5, 0.6) is 11.5 Å². The first kappa shape index (κ1) is 18.8. The smallest absolute Gasteiger partial charge is 0.329 e. The summed E-state index contributed by atoms with van der Waals surface area (Å²) in [4.78, 5) is 23.8. The Morgan fingerprint density at radius 1 is 0.926 bits per heavy atom. The lowest BCUT2D eigenvalue weighted by atomic mass is 9.98. The Balaban J connectivity index is 1.57. The number of benzene rings is 2. The van der Waals surface area contributed by atoms with Gasteiger partial charge in [0.2, 0.25) is 0 Å². The van der Waals surface area contributed by atoms with E-state index in [1.165, 1.54) is 0 Å². The number of carbonyl (C=O) groups is 2. The minimum absolute atomic E-state index is 0.263. The van der Waals surface area contributed by atoms with Gasteiger partial charge in [0.1, 0.15) is 12.1 Å². The van der Waals surface area contributed by atoms with Crippen molar-refractivity contribution >= 4 is 11.9 Å². The quantitative estimate of drug-likeness (QED) is 0.747. The second-order valence-electron chi connectivity index (χ2n) is 6.65. The number of ether oxygens (including phenoxy) is 2. The number of rotatable bonds is 8. The molecule has 1 aliphatic rings. The van der Waals surface area contributed by atoms with E-state index >= 15 is 0 Å². The summed E-state index contributed by atoms with van der Waals surface area (Å²) in [7, 11) is 0. The average molecular weight is 369 g/mol. The number of amides is 1. The lowest BCUT2D eigenvalue weighted by Gasteiger charge is -2.25. The lowest BCUT2D eigenvalue weighted by Crippen LogP contribution is -2.53. The summed E-state index contributed by atoms with van der Waals surface area (Å²) < 4.78 is 11.4. The van der Waals surface area contributed by atoms with Crippen LogP contribution in [0.15, 0.2) is 54.6 Å². The zero-order valence-electron chi connectivity index (χ0n) is 15.0. The number of carboxylic acid groups (broad SMARTS) is 1. The highest BCUT2D eigenvalue weighted by molar-refractivity contribution is 5.88. The summed E-state index contributed by atoms with van der Waals surface area (Å²) in [6.45, 7) is 0.121. The van der Waals surface area contributed by atoms with Crippen LogP contribution in [0, 0.1) is 0 Å². The van der Waals surface area contributed by atoms with Gasteiger partial charge in [-0.05, 0) is 30.5 Å². The predicted molar refractivity (Wildman–Crippen MR) is 99.7 cm³/mol. The number of para-hydroxylation sites is 2. The Morgan fingerprint density at radius 2 is 1.52 bits per heavy atom. The first-order valence-electron chi connectivity index (χ1n) is 9.02. The molecule has 3 rings (SSSR count). The summed E-state index contributed by atoms with van der Waals surface area (Å²) in [6.07, 6.45) is 2.49. The molecular formula is C21H23NO5. The van der Waals surface area contributed by atoms with Gasteiger partial charge in [0.05, 0.1) is 0 Å². The Kier molecular flexibility index (Phi) is 5.96. The van der Waals surface area contributed by atoms with Crippen LogP contribution in [0.3, 0.4) is 0 Å². The van der Waals surface area contributed by atoms with Crippen LogP contribution in [0.4, 0.5) is 0 Å². The third-order valence-corrected chi connectivity index (χ3v) is 4.69. The molecule has 0 aromatic heterocycles. The van der Waals surface area contributed by atoms with Crippen molar-refractivity contribution in [3.05, 3.63) is 60.2 Å². The van der Waals surface area contributed by atoms with Crippen molar-refractivity contribution < 1.29 is 24.2 Å². The molecule has 0 saturated heterocycles. The molecule has 0 aliphatic heterocycles. The third kappa shape index (κ3) is 4.78. The fourth-order valence-corrected chi connectivity index (χ4v) is 3.24. The van der Waals surface area contributed by atoms with Gasteiger partial charge in [0.25, 0.3) is 5.91 Å². The Bertz CT molecular complexity index is 784. The van der Waals surface area contributed by atoms with Gasteiger partial charge in [-0.25, -0.2) is 4.79 Å². The van der Waals surface area contributed by atoms with E-state index in [0.29, 0.717) is 30.9 Å². The Morgan fingerprint density at radius 3 is 2.15 bits per heavy atom. The zero-order valence-corrected chi connectivity index (χ0v) is 15.0. The molecule has 6 nitrogen and oxygen atoms in total. The molecule has 1 amide bonds. The van der Waals surface area contributed by atoms with Gasteiger partial charge in [0, 0.05) is 0 Å². The van der Waals surface area contributed by atoms with Gasteiger partial charge in [-0.1, -0.05) is 55.3 Å². The van der Waals surface area contributed by atoms with E-state index in [1.807, 2.05) is 36.4 Å². The molecule has 2 aromatic carbocycles. The molecule has 6 heteroatoms. The van der Waals surface area contributed by atoms with Crippen LogP contribution in [0.1, 0.15) is 31.2 Å². The molecule has 142 valence electrons. The SMILES string of the molecule is O=C(COc1ccccc1OCc1ccccc1)NC1(C(=O)O)CCCC1. The van der Waals surface area contributed by atoms with E-state index in [0.717, 1.165) is 18.4 Å². The summed E-state index contributed by atoms with van der Waals surface area (Å²) in [5, 5.41) is 12.1. The number of hydrogen-bond donors (Lipinski definition) is 2. The van der Waals surface area contributed by atoms with Gasteiger partial charge in [-0.2, -0.15) is 0 Å². The minimum Gasteiger partial charge on any atom is -0.485 e. The monoisotopic (exact) mass is 369 g/mol. The average Bonchev–Trinajstić information content (AvgIpc) is 3.16. The van der Waals surface area contributed by atoms with Crippen LogP contribution < -0.4 is 14.8 Å². The summed E-state index contributed by atoms with van der Waals surface area (Å²) in [6, 6.07) is 16.8. The molecular weight excluding hydrogens is 346 g/mol. The molecule has 27 heavy (non-hydrogen) atoms. The van der Waals surface area contributed by atoms with E-state index in [9.17, 15) is 14.7 Å². The van der Waals surface area contributed by atoms with Gasteiger partial charge in [-0.3, -0.25) is 4.79 Å². The van der Waals surface area contributed by atoms with Gasteiger partial charge >= 0.3 is 5.97 Å². The van der Waals surface area contributed by atoms with Crippen molar-refractivity contribution in [2.24, 2.45) is 0 Å². The fraction of sp³-hybridized carbons (Fsp3) is 0.333. The maximum Gasteiger partial charge on any atom is 0.329 e. The molecule has 1 saturated carbocycles. The fourth-order valence-electron chi connectivity index (χ4n) is 3.24. The van der Waals surface area contributed by atoms with Gasteiger partial charge in [-0.15, -0.1) is 0 Å². The van der Waals surface area contributed by atoms with Crippen molar-refractivity contribution in [1.29, 1.82) is 0 Å². The number of nitrogens with one attached hydrogen (secondary N) is 1. The predicted octanol–water partition coefficient (Wildman–Crippen LogP) is 3.16. The topological polar surface area (TPSA) is 84.9 Å². The summed E-state index contributed by atoms with van der Waals surface area (Å²) >= 11 is 0. The van der Waals surface area contributed by atoms with Crippen LogP contribution in [0.25, 0.3) is 0 Å². The first-order valence-corrected chi connectivity index (χ1v) is 9.02. The van der Waals surface area contributed by atoms with Crippen LogP contribution in [0.2, 0.25) is 0 Å².